The lowest BCUT2D eigenvalue weighted by atomic mass is 10.1. The maximum Gasteiger partial charge on any atom is 0.453 e. The summed E-state index contributed by atoms with van der Waals surface area (Å²) in [5.41, 5.74) is -0.0574. The van der Waals surface area contributed by atoms with Gasteiger partial charge in [0.1, 0.15) is 17.1 Å². The van der Waals surface area contributed by atoms with Gasteiger partial charge in [-0.2, -0.15) is 13.2 Å². The van der Waals surface area contributed by atoms with Crippen LogP contribution in [0.5, 0.6) is 17.2 Å². The van der Waals surface area contributed by atoms with Gasteiger partial charge in [-0.3, -0.25) is 9.69 Å². The number of morpholine rings is 1. The zero-order valence-electron chi connectivity index (χ0n) is 19.6. The quantitative estimate of drug-likeness (QED) is 0.450. The van der Waals surface area contributed by atoms with E-state index in [0.29, 0.717) is 29.2 Å². The standard InChI is InChI=1S/C25H25ClF3NO5/c1-12-7-16(8-13(2)20(12)26)34-23-21(32)17-5-6-19(31)18(22(17)35-24(23)25(27,28)29)11-30-9-14(3)33-15(4)10-30/h5-8,14-15,31H,9-11H2,1-4H3/t14-,15-/m1/s1. The van der Waals surface area contributed by atoms with Crippen LogP contribution in [0, 0.1) is 13.8 Å². The van der Waals surface area contributed by atoms with Crippen LogP contribution in [0.3, 0.4) is 0 Å². The highest BCUT2D eigenvalue weighted by Crippen LogP contribution is 2.40. The first-order valence-electron chi connectivity index (χ1n) is 11.1. The number of phenolic OH excluding ortho intramolecular Hbond substituents is 1. The Hall–Kier alpha value is -2.75. The first kappa shape index (κ1) is 25.3. The maximum absolute atomic E-state index is 14.1. The molecule has 0 bridgehead atoms. The fourth-order valence-corrected chi connectivity index (χ4v) is 4.55. The van der Waals surface area contributed by atoms with Crippen LogP contribution in [0.15, 0.2) is 33.5 Å². The molecule has 0 aliphatic carbocycles. The van der Waals surface area contributed by atoms with Gasteiger partial charge in [0.25, 0.3) is 5.76 Å². The van der Waals surface area contributed by atoms with Gasteiger partial charge in [0.05, 0.1) is 23.2 Å². The third-order valence-corrected chi connectivity index (χ3v) is 6.46. The molecule has 2 atom stereocenters. The van der Waals surface area contributed by atoms with Crippen molar-refractivity contribution in [3.63, 3.8) is 0 Å². The minimum absolute atomic E-state index is 0.0249. The monoisotopic (exact) mass is 511 g/mol. The van der Waals surface area contributed by atoms with E-state index >= 15 is 0 Å². The van der Waals surface area contributed by atoms with E-state index in [1.165, 1.54) is 24.3 Å². The fraction of sp³-hybridized carbons (Fsp3) is 0.400. The second-order valence-corrected chi connectivity index (χ2v) is 9.33. The minimum Gasteiger partial charge on any atom is -0.507 e. The number of fused-ring (bicyclic) bond motifs is 1. The number of aromatic hydroxyl groups is 1. The van der Waals surface area contributed by atoms with Crippen LogP contribution in [0.25, 0.3) is 11.0 Å². The number of hydrogen-bond donors (Lipinski definition) is 1. The second-order valence-electron chi connectivity index (χ2n) is 8.95. The first-order chi connectivity index (χ1) is 16.3. The Labute approximate surface area is 204 Å². The van der Waals surface area contributed by atoms with Gasteiger partial charge in [-0.15, -0.1) is 0 Å². The van der Waals surface area contributed by atoms with E-state index in [9.17, 15) is 23.1 Å². The van der Waals surface area contributed by atoms with Gasteiger partial charge >= 0.3 is 6.18 Å². The number of ether oxygens (including phenoxy) is 2. The molecule has 10 heteroatoms. The van der Waals surface area contributed by atoms with E-state index in [1.54, 1.807) is 13.8 Å². The molecule has 2 heterocycles. The van der Waals surface area contributed by atoms with E-state index in [4.69, 9.17) is 25.5 Å². The summed E-state index contributed by atoms with van der Waals surface area (Å²) < 4.78 is 58.6. The molecule has 3 aromatic rings. The van der Waals surface area contributed by atoms with Crippen LogP contribution >= 0.6 is 11.6 Å². The molecule has 1 N–H and O–H groups in total. The number of hydrogen-bond acceptors (Lipinski definition) is 6. The molecule has 0 saturated carbocycles. The lowest BCUT2D eigenvalue weighted by molar-refractivity contribution is -0.154. The number of nitrogens with zero attached hydrogens (tertiary/aromatic N) is 1. The average molecular weight is 512 g/mol. The Morgan fingerprint density at radius 3 is 2.31 bits per heavy atom. The molecule has 188 valence electrons. The SMILES string of the molecule is Cc1cc(Oc2c(C(F)(F)F)oc3c(CN4C[C@@H](C)O[C@H](C)C4)c(O)ccc3c2=O)cc(C)c1Cl. The summed E-state index contributed by atoms with van der Waals surface area (Å²) in [6.07, 6.45) is -5.22. The molecule has 1 fully saturated rings. The molecule has 1 aliphatic rings. The van der Waals surface area contributed by atoms with Crippen molar-refractivity contribution in [1.29, 1.82) is 0 Å². The van der Waals surface area contributed by atoms with Crippen molar-refractivity contribution in [3.8, 4) is 17.2 Å². The Balaban J connectivity index is 1.86. The second kappa shape index (κ2) is 9.37. The minimum atomic E-state index is -5.02. The number of aryl methyl sites for hydroxylation is 2. The molecule has 0 radical (unpaired) electrons. The van der Waals surface area contributed by atoms with E-state index in [0.717, 1.165) is 0 Å². The van der Waals surface area contributed by atoms with Crippen molar-refractivity contribution in [2.45, 2.75) is 52.6 Å². The molecule has 1 saturated heterocycles. The predicted molar refractivity (Wildman–Crippen MR) is 125 cm³/mol. The van der Waals surface area contributed by atoms with E-state index in [-0.39, 0.29) is 46.8 Å². The largest absolute Gasteiger partial charge is 0.507 e. The van der Waals surface area contributed by atoms with E-state index < -0.39 is 23.1 Å². The Morgan fingerprint density at radius 2 is 1.74 bits per heavy atom. The molecule has 0 spiro atoms. The molecular formula is C25H25ClF3NO5. The summed E-state index contributed by atoms with van der Waals surface area (Å²) >= 11 is 6.14. The van der Waals surface area contributed by atoms with Crippen LogP contribution in [0.4, 0.5) is 13.2 Å². The molecule has 35 heavy (non-hydrogen) atoms. The number of halogens is 4. The van der Waals surface area contributed by atoms with Gasteiger partial charge in [0, 0.05) is 24.7 Å². The lowest BCUT2D eigenvalue weighted by Gasteiger charge is -2.35. The summed E-state index contributed by atoms with van der Waals surface area (Å²) in [5.74, 6) is -2.79. The van der Waals surface area contributed by atoms with Gasteiger partial charge < -0.3 is 19.0 Å². The summed E-state index contributed by atoms with van der Waals surface area (Å²) in [7, 11) is 0. The van der Waals surface area contributed by atoms with Gasteiger partial charge in [-0.05, 0) is 63.1 Å². The van der Waals surface area contributed by atoms with Gasteiger partial charge in [-0.1, -0.05) is 11.6 Å². The highest BCUT2D eigenvalue weighted by atomic mass is 35.5. The van der Waals surface area contributed by atoms with Crippen molar-refractivity contribution in [1.82, 2.24) is 4.90 Å². The van der Waals surface area contributed by atoms with Crippen molar-refractivity contribution in [2.24, 2.45) is 0 Å². The fourth-order valence-electron chi connectivity index (χ4n) is 4.44. The van der Waals surface area contributed by atoms with Gasteiger partial charge in [-0.25, -0.2) is 0 Å². The Morgan fingerprint density at radius 1 is 1.14 bits per heavy atom. The molecule has 1 aliphatic heterocycles. The molecule has 2 aromatic carbocycles. The molecule has 0 amide bonds. The van der Waals surface area contributed by atoms with Crippen molar-refractivity contribution >= 4 is 22.6 Å². The third-order valence-electron chi connectivity index (χ3n) is 5.86. The van der Waals surface area contributed by atoms with Crippen LogP contribution in [0.1, 0.15) is 36.3 Å². The number of rotatable bonds is 4. The highest BCUT2D eigenvalue weighted by molar-refractivity contribution is 6.32. The number of benzene rings is 2. The normalized spacial score (nSPS) is 19.3. The number of phenols is 1. The van der Waals surface area contributed by atoms with Crippen LogP contribution < -0.4 is 10.2 Å². The zero-order valence-corrected chi connectivity index (χ0v) is 20.4. The molecule has 1 aromatic heterocycles. The predicted octanol–water partition coefficient (Wildman–Crippen LogP) is 6.19. The lowest BCUT2D eigenvalue weighted by Crippen LogP contribution is -2.44. The van der Waals surface area contributed by atoms with Crippen molar-refractivity contribution in [2.75, 3.05) is 13.1 Å². The topological polar surface area (TPSA) is 72.1 Å². The van der Waals surface area contributed by atoms with E-state index in [1.807, 2.05) is 18.7 Å². The van der Waals surface area contributed by atoms with Gasteiger partial charge in [0.2, 0.25) is 11.2 Å². The molecular weight excluding hydrogens is 487 g/mol. The van der Waals surface area contributed by atoms with E-state index in [2.05, 4.69) is 0 Å². The number of alkyl halides is 3. The first-order valence-corrected chi connectivity index (χ1v) is 11.4. The van der Waals surface area contributed by atoms with Crippen LogP contribution in [-0.4, -0.2) is 35.3 Å². The summed E-state index contributed by atoms with van der Waals surface area (Å²) in [5, 5.41) is 10.8. The zero-order chi connectivity index (χ0) is 25.7. The highest BCUT2D eigenvalue weighted by Gasteiger charge is 2.41. The summed E-state index contributed by atoms with van der Waals surface area (Å²) in [6.45, 7) is 8.22. The molecule has 6 nitrogen and oxygen atoms in total. The van der Waals surface area contributed by atoms with Crippen LogP contribution in [-0.2, 0) is 17.5 Å². The van der Waals surface area contributed by atoms with Crippen molar-refractivity contribution in [3.05, 3.63) is 62.0 Å². The average Bonchev–Trinajstić information content (AvgIpc) is 2.74. The smallest absolute Gasteiger partial charge is 0.453 e. The summed E-state index contributed by atoms with van der Waals surface area (Å²) in [6, 6.07) is 5.40. The third kappa shape index (κ3) is 5.12. The van der Waals surface area contributed by atoms with Gasteiger partial charge in [0.15, 0.2) is 0 Å². The molecule has 0 unspecified atom stereocenters. The Kier molecular flexibility index (Phi) is 6.78. The molecule has 4 rings (SSSR count). The van der Waals surface area contributed by atoms with Crippen LogP contribution in [0.2, 0.25) is 5.02 Å². The maximum atomic E-state index is 14.1. The summed E-state index contributed by atoms with van der Waals surface area (Å²) in [4.78, 5) is 15.2. The Bertz CT molecular complexity index is 1300. The van der Waals surface area contributed by atoms with Crippen molar-refractivity contribution < 1.29 is 32.2 Å².